The molecular weight excluding hydrogens is 454 g/mol. The zero-order chi connectivity index (χ0) is 26.3. The second kappa shape index (κ2) is 16.7. The number of nitrogens with one attached hydrogen (secondary N) is 2. The molecule has 0 bridgehead atoms. The first kappa shape index (κ1) is 30.2. The molecule has 204 valence electrons. The number of carbonyl (C=O) groups excluding carboxylic acids is 2. The van der Waals surface area contributed by atoms with Gasteiger partial charge in [0, 0.05) is 63.7 Å². The highest BCUT2D eigenvalue weighted by atomic mass is 16.2. The number of hydrogen-bond acceptors (Lipinski definition) is 7. The molecule has 0 spiro atoms. The minimum atomic E-state index is -0.507. The van der Waals surface area contributed by atoms with Crippen LogP contribution >= 0.6 is 0 Å². The van der Waals surface area contributed by atoms with Crippen LogP contribution in [-0.4, -0.2) is 116 Å². The van der Waals surface area contributed by atoms with E-state index in [1.54, 1.807) is 12.1 Å². The van der Waals surface area contributed by atoms with E-state index in [-0.39, 0.29) is 11.8 Å². The molecule has 36 heavy (non-hydrogen) atoms. The van der Waals surface area contributed by atoms with E-state index in [1.807, 2.05) is 19.1 Å². The molecular formula is C27H49N7O2. The van der Waals surface area contributed by atoms with Gasteiger partial charge in [-0.15, -0.1) is 0 Å². The first-order valence-corrected chi connectivity index (χ1v) is 13.7. The van der Waals surface area contributed by atoms with E-state index in [4.69, 9.17) is 5.73 Å². The van der Waals surface area contributed by atoms with Crippen molar-refractivity contribution in [3.63, 3.8) is 0 Å². The van der Waals surface area contributed by atoms with Gasteiger partial charge in [-0.05, 0) is 50.3 Å². The second-order valence-electron chi connectivity index (χ2n) is 9.59. The van der Waals surface area contributed by atoms with Gasteiger partial charge in [-0.2, -0.15) is 0 Å². The van der Waals surface area contributed by atoms with Gasteiger partial charge < -0.3 is 31.1 Å². The van der Waals surface area contributed by atoms with E-state index in [2.05, 4.69) is 51.0 Å². The first-order valence-electron chi connectivity index (χ1n) is 13.7. The summed E-state index contributed by atoms with van der Waals surface area (Å²) in [6, 6.07) is 6.70. The Hall–Kier alpha value is -2.04. The SMILES string of the molecule is CCCC(N)C(=O)Nc1ccc(NC(=O)CN2CCN(CC)CCN(CC)CCN(CC)CC2)cc1. The fourth-order valence-electron chi connectivity index (χ4n) is 4.40. The van der Waals surface area contributed by atoms with E-state index >= 15 is 0 Å². The molecule has 9 heteroatoms. The van der Waals surface area contributed by atoms with Crippen LogP contribution in [0.4, 0.5) is 11.4 Å². The van der Waals surface area contributed by atoms with Crippen molar-refractivity contribution in [3.05, 3.63) is 24.3 Å². The van der Waals surface area contributed by atoms with E-state index < -0.39 is 6.04 Å². The van der Waals surface area contributed by atoms with Crippen LogP contribution in [0.3, 0.4) is 0 Å². The number of likely N-dealkylation sites (N-methyl/N-ethyl adjacent to an activating group) is 3. The smallest absolute Gasteiger partial charge is 0.241 e. The zero-order valence-corrected chi connectivity index (χ0v) is 23.0. The number of nitrogens with zero attached hydrogens (tertiary/aromatic N) is 4. The van der Waals surface area contributed by atoms with Crippen molar-refractivity contribution in [2.45, 2.75) is 46.6 Å². The van der Waals surface area contributed by atoms with Crippen molar-refractivity contribution in [1.29, 1.82) is 0 Å². The summed E-state index contributed by atoms with van der Waals surface area (Å²) in [5.41, 5.74) is 7.27. The first-order chi connectivity index (χ1) is 17.4. The summed E-state index contributed by atoms with van der Waals surface area (Å²) in [6.45, 7) is 20.1. The Morgan fingerprint density at radius 1 is 0.722 bits per heavy atom. The molecule has 0 radical (unpaired) electrons. The molecule has 1 heterocycles. The normalized spacial score (nSPS) is 18.7. The Morgan fingerprint density at radius 3 is 1.50 bits per heavy atom. The standard InChI is InChI=1S/C27H49N7O2/c1-5-9-25(28)27(36)30-24-12-10-23(11-13-24)29-26(35)22-34-20-18-32(7-3)16-14-31(6-2)15-17-33(8-4)19-21-34/h10-13,25H,5-9,14-22,28H2,1-4H3,(H,29,35)(H,30,36). The van der Waals surface area contributed by atoms with Gasteiger partial charge in [0.05, 0.1) is 12.6 Å². The van der Waals surface area contributed by atoms with E-state index in [0.29, 0.717) is 18.7 Å². The second-order valence-corrected chi connectivity index (χ2v) is 9.59. The maximum absolute atomic E-state index is 12.9. The molecule has 1 aromatic carbocycles. The van der Waals surface area contributed by atoms with Crippen molar-refractivity contribution < 1.29 is 9.59 Å². The number of benzene rings is 1. The molecule has 1 saturated heterocycles. The lowest BCUT2D eigenvalue weighted by Crippen LogP contribution is -2.47. The van der Waals surface area contributed by atoms with E-state index in [1.165, 1.54) is 0 Å². The summed E-state index contributed by atoms with van der Waals surface area (Å²) in [7, 11) is 0. The van der Waals surface area contributed by atoms with Gasteiger partial charge in [-0.25, -0.2) is 0 Å². The number of nitrogens with two attached hydrogens (primary N) is 1. The molecule has 1 aromatic rings. The predicted molar refractivity (Wildman–Crippen MR) is 149 cm³/mol. The van der Waals surface area contributed by atoms with Gasteiger partial charge in [0.15, 0.2) is 0 Å². The molecule has 4 N–H and O–H groups in total. The number of rotatable bonds is 10. The van der Waals surface area contributed by atoms with Crippen molar-refractivity contribution in [2.75, 3.05) is 89.2 Å². The minimum Gasteiger partial charge on any atom is -0.325 e. The van der Waals surface area contributed by atoms with Crippen LogP contribution in [0.2, 0.25) is 0 Å². The maximum Gasteiger partial charge on any atom is 0.241 e. The van der Waals surface area contributed by atoms with Crippen LogP contribution in [0.5, 0.6) is 0 Å². The van der Waals surface area contributed by atoms with Crippen molar-refractivity contribution in [1.82, 2.24) is 19.6 Å². The molecule has 1 aliphatic heterocycles. The summed E-state index contributed by atoms with van der Waals surface area (Å²) in [4.78, 5) is 34.8. The quantitative estimate of drug-likeness (QED) is 0.449. The summed E-state index contributed by atoms with van der Waals surface area (Å²) in [5, 5.41) is 5.85. The zero-order valence-electron chi connectivity index (χ0n) is 23.0. The number of anilines is 2. The lowest BCUT2D eigenvalue weighted by Gasteiger charge is -2.33. The Kier molecular flexibility index (Phi) is 14.0. The summed E-state index contributed by atoms with van der Waals surface area (Å²) >= 11 is 0. The molecule has 1 atom stereocenters. The van der Waals surface area contributed by atoms with Crippen molar-refractivity contribution in [3.8, 4) is 0 Å². The molecule has 9 nitrogen and oxygen atoms in total. The molecule has 1 aliphatic rings. The van der Waals surface area contributed by atoms with Crippen molar-refractivity contribution >= 4 is 23.2 Å². The highest BCUT2D eigenvalue weighted by molar-refractivity contribution is 5.95. The van der Waals surface area contributed by atoms with Crippen LogP contribution in [0.25, 0.3) is 0 Å². The van der Waals surface area contributed by atoms with Gasteiger partial charge in [0.2, 0.25) is 11.8 Å². The predicted octanol–water partition coefficient (Wildman–Crippen LogP) is 1.97. The van der Waals surface area contributed by atoms with Crippen LogP contribution < -0.4 is 16.4 Å². The van der Waals surface area contributed by atoms with Gasteiger partial charge in [-0.1, -0.05) is 34.1 Å². The van der Waals surface area contributed by atoms with Gasteiger partial charge in [0.25, 0.3) is 0 Å². The van der Waals surface area contributed by atoms with Gasteiger partial charge in [0.1, 0.15) is 0 Å². The third-order valence-electron chi connectivity index (χ3n) is 7.01. The Labute approximate surface area is 218 Å². The van der Waals surface area contributed by atoms with Crippen LogP contribution in [0.1, 0.15) is 40.5 Å². The average molecular weight is 504 g/mol. The van der Waals surface area contributed by atoms with E-state index in [0.717, 1.165) is 84.1 Å². The fourth-order valence-corrected chi connectivity index (χ4v) is 4.40. The third-order valence-corrected chi connectivity index (χ3v) is 7.01. The Morgan fingerprint density at radius 2 is 1.11 bits per heavy atom. The van der Waals surface area contributed by atoms with Crippen molar-refractivity contribution in [2.24, 2.45) is 5.73 Å². The van der Waals surface area contributed by atoms with Crippen LogP contribution in [-0.2, 0) is 9.59 Å². The van der Waals surface area contributed by atoms with Crippen LogP contribution in [0.15, 0.2) is 24.3 Å². The molecule has 1 unspecified atom stereocenters. The largest absolute Gasteiger partial charge is 0.325 e. The Balaban J connectivity index is 1.93. The molecule has 2 amide bonds. The number of amides is 2. The maximum atomic E-state index is 12.9. The summed E-state index contributed by atoms with van der Waals surface area (Å²) in [5.74, 6) is -0.208. The van der Waals surface area contributed by atoms with Gasteiger partial charge >= 0.3 is 0 Å². The molecule has 0 saturated carbocycles. The molecule has 0 aromatic heterocycles. The molecule has 2 rings (SSSR count). The number of hydrogen-bond donors (Lipinski definition) is 3. The lowest BCUT2D eigenvalue weighted by atomic mass is 10.1. The Bertz CT molecular complexity index is 754. The highest BCUT2D eigenvalue weighted by Gasteiger charge is 2.17. The monoisotopic (exact) mass is 503 g/mol. The van der Waals surface area contributed by atoms with E-state index in [9.17, 15) is 9.59 Å². The molecule has 0 aliphatic carbocycles. The lowest BCUT2D eigenvalue weighted by molar-refractivity contribution is -0.118. The van der Waals surface area contributed by atoms with Crippen LogP contribution in [0, 0.1) is 0 Å². The summed E-state index contributed by atoms with van der Waals surface area (Å²) in [6.07, 6.45) is 1.51. The van der Waals surface area contributed by atoms with Gasteiger partial charge in [-0.3, -0.25) is 14.5 Å². The molecule has 1 fully saturated rings. The number of carbonyl (C=O) groups is 2. The topological polar surface area (TPSA) is 97.2 Å². The average Bonchev–Trinajstić information content (AvgIpc) is 2.87. The minimum absolute atomic E-state index is 0.0212. The summed E-state index contributed by atoms with van der Waals surface area (Å²) < 4.78 is 0. The third kappa shape index (κ3) is 10.9. The highest BCUT2D eigenvalue weighted by Crippen LogP contribution is 2.14. The fraction of sp³-hybridized carbons (Fsp3) is 0.704.